The average Bonchev–Trinajstić information content (AvgIpc) is 3.35. The highest BCUT2D eigenvalue weighted by Gasteiger charge is 2.34. The minimum atomic E-state index is -4.53. The summed E-state index contributed by atoms with van der Waals surface area (Å²) in [5.74, 6) is -1.25. The van der Waals surface area contributed by atoms with Crippen molar-refractivity contribution in [1.82, 2.24) is 10.2 Å². The number of nitrogens with one attached hydrogen (secondary N) is 1. The highest BCUT2D eigenvalue weighted by molar-refractivity contribution is 5.98. The van der Waals surface area contributed by atoms with Crippen molar-refractivity contribution >= 4 is 18.2 Å². The Morgan fingerprint density at radius 2 is 1.92 bits per heavy atom. The molecule has 1 aliphatic rings. The van der Waals surface area contributed by atoms with Crippen LogP contribution in [0.1, 0.15) is 47.2 Å². The van der Waals surface area contributed by atoms with Crippen molar-refractivity contribution in [2.45, 2.75) is 37.9 Å². The third kappa shape index (κ3) is 5.30. The first-order valence-corrected chi connectivity index (χ1v) is 7.85. The molecule has 25 heavy (non-hydrogen) atoms. The predicted octanol–water partition coefficient (Wildman–Crippen LogP) is 2.82. The summed E-state index contributed by atoms with van der Waals surface area (Å²) < 4.78 is 39.2. The molecule has 2 rings (SSSR count). The van der Waals surface area contributed by atoms with Gasteiger partial charge >= 0.3 is 6.18 Å². The summed E-state index contributed by atoms with van der Waals surface area (Å²) in [6.45, 7) is 1.43. The molecule has 1 aromatic rings. The van der Waals surface area contributed by atoms with Crippen LogP contribution >= 0.6 is 0 Å². The summed E-state index contributed by atoms with van der Waals surface area (Å²) >= 11 is 0. The Balaban J connectivity index is 2.18. The summed E-state index contributed by atoms with van der Waals surface area (Å²) in [7, 11) is 3.37. The van der Waals surface area contributed by atoms with Crippen LogP contribution in [0.25, 0.3) is 0 Å². The fourth-order valence-corrected chi connectivity index (χ4v) is 2.22. The van der Waals surface area contributed by atoms with Gasteiger partial charge in [-0.3, -0.25) is 9.59 Å². The van der Waals surface area contributed by atoms with Crippen LogP contribution in [0.2, 0.25) is 0 Å². The number of hydrogen-bond donors (Lipinski definition) is 1. The molecular weight excluding hydrogens is 335 g/mol. The van der Waals surface area contributed by atoms with E-state index in [0.29, 0.717) is 5.56 Å². The van der Waals surface area contributed by atoms with E-state index < -0.39 is 29.6 Å². The van der Waals surface area contributed by atoms with Crippen molar-refractivity contribution in [2.24, 2.45) is 4.99 Å². The molecule has 0 spiro atoms. The minimum absolute atomic E-state index is 0.0672. The first kappa shape index (κ1) is 19.0. The van der Waals surface area contributed by atoms with Gasteiger partial charge in [0.05, 0.1) is 11.9 Å². The minimum Gasteiger partial charge on any atom is -0.369 e. The zero-order chi connectivity index (χ0) is 18.8. The van der Waals surface area contributed by atoms with E-state index in [1.165, 1.54) is 19.3 Å². The topological polar surface area (TPSA) is 61.8 Å². The second kappa shape index (κ2) is 7.25. The van der Waals surface area contributed by atoms with Gasteiger partial charge in [0, 0.05) is 19.7 Å². The van der Waals surface area contributed by atoms with Crippen LogP contribution in [0.4, 0.5) is 13.2 Å². The van der Waals surface area contributed by atoms with Gasteiger partial charge in [0.25, 0.3) is 11.8 Å². The molecule has 1 aliphatic carbocycles. The highest BCUT2D eigenvalue weighted by atomic mass is 19.4. The van der Waals surface area contributed by atoms with Crippen LogP contribution in [0.5, 0.6) is 0 Å². The van der Waals surface area contributed by atoms with Crippen molar-refractivity contribution < 1.29 is 22.8 Å². The molecule has 2 amide bonds. The molecule has 1 fully saturated rings. The van der Waals surface area contributed by atoms with Crippen LogP contribution in [0.3, 0.4) is 0 Å². The van der Waals surface area contributed by atoms with E-state index in [9.17, 15) is 22.8 Å². The second-order valence-corrected chi connectivity index (χ2v) is 6.36. The lowest BCUT2D eigenvalue weighted by atomic mass is 10.0. The summed E-state index contributed by atoms with van der Waals surface area (Å²) in [5, 5.41) is 2.40. The van der Waals surface area contributed by atoms with Crippen LogP contribution in [-0.4, -0.2) is 43.2 Å². The average molecular weight is 355 g/mol. The molecule has 1 atom stereocenters. The number of carbonyl (C=O) groups excluding carboxylic acids is 2. The molecule has 0 bridgehead atoms. The fourth-order valence-electron chi connectivity index (χ4n) is 2.22. The Morgan fingerprint density at radius 1 is 1.28 bits per heavy atom. The number of hydrogen-bond acceptors (Lipinski definition) is 2. The molecule has 0 aliphatic heterocycles. The number of carbonyl (C=O) groups is 2. The van der Waals surface area contributed by atoms with E-state index in [1.54, 1.807) is 19.0 Å². The van der Waals surface area contributed by atoms with Gasteiger partial charge in [0.1, 0.15) is 6.04 Å². The largest absolute Gasteiger partial charge is 0.416 e. The fraction of sp³-hybridized carbons (Fsp3) is 0.471. The lowest BCUT2D eigenvalue weighted by Crippen LogP contribution is -2.38. The molecule has 136 valence electrons. The van der Waals surface area contributed by atoms with Gasteiger partial charge in [-0.15, -0.1) is 0 Å². The van der Waals surface area contributed by atoms with Crippen molar-refractivity contribution in [3.05, 3.63) is 34.9 Å². The van der Waals surface area contributed by atoms with Gasteiger partial charge in [0.2, 0.25) is 0 Å². The van der Waals surface area contributed by atoms with E-state index >= 15 is 0 Å². The Morgan fingerprint density at radius 3 is 2.44 bits per heavy atom. The van der Waals surface area contributed by atoms with Crippen molar-refractivity contribution in [2.75, 3.05) is 14.1 Å². The van der Waals surface area contributed by atoms with Crippen LogP contribution in [-0.2, 0) is 11.0 Å². The predicted molar refractivity (Wildman–Crippen MR) is 87.5 cm³/mol. The molecule has 1 saturated carbocycles. The van der Waals surface area contributed by atoms with Crippen LogP contribution in [0.15, 0.2) is 23.2 Å². The third-order valence-electron chi connectivity index (χ3n) is 3.73. The van der Waals surface area contributed by atoms with E-state index in [1.807, 2.05) is 0 Å². The highest BCUT2D eigenvalue weighted by Crippen LogP contribution is 2.42. The van der Waals surface area contributed by atoms with Gasteiger partial charge < -0.3 is 10.2 Å². The molecule has 1 N–H and O–H groups in total. The number of amides is 2. The normalized spacial score (nSPS) is 15.9. The van der Waals surface area contributed by atoms with Gasteiger partial charge in [-0.05, 0) is 49.4 Å². The molecule has 8 heteroatoms. The number of rotatable bonds is 5. The Bertz CT molecular complexity index is 695. The molecule has 5 nitrogen and oxygen atoms in total. The SMILES string of the molecule is CC(NC(=O)c1cc(C2CC2)cc(C(F)(F)F)c1)C(=O)/N=C/N(C)C. The third-order valence-corrected chi connectivity index (χ3v) is 3.73. The lowest BCUT2D eigenvalue weighted by molar-refractivity contribution is -0.137. The summed E-state index contributed by atoms with van der Waals surface area (Å²) in [6.07, 6.45) is -1.61. The van der Waals surface area contributed by atoms with Gasteiger partial charge in [0.15, 0.2) is 0 Å². The second-order valence-electron chi connectivity index (χ2n) is 6.36. The molecule has 1 aromatic carbocycles. The van der Waals surface area contributed by atoms with E-state index in [4.69, 9.17) is 0 Å². The van der Waals surface area contributed by atoms with E-state index in [2.05, 4.69) is 10.3 Å². The maximum absolute atomic E-state index is 13.1. The molecule has 1 unspecified atom stereocenters. The van der Waals surface area contributed by atoms with Crippen molar-refractivity contribution in [1.29, 1.82) is 0 Å². The van der Waals surface area contributed by atoms with Gasteiger partial charge in [-0.2, -0.15) is 13.2 Å². The Hall–Kier alpha value is -2.38. The van der Waals surface area contributed by atoms with Gasteiger partial charge in [-0.25, -0.2) is 4.99 Å². The quantitative estimate of drug-likeness (QED) is 0.653. The maximum Gasteiger partial charge on any atom is 0.416 e. The first-order chi connectivity index (χ1) is 11.6. The molecule has 0 heterocycles. The van der Waals surface area contributed by atoms with E-state index in [0.717, 1.165) is 25.0 Å². The molecule has 0 aromatic heterocycles. The lowest BCUT2D eigenvalue weighted by Gasteiger charge is -2.14. The monoisotopic (exact) mass is 355 g/mol. The number of halogens is 3. The Labute approximate surface area is 143 Å². The number of aliphatic imine (C=N–C) groups is 1. The zero-order valence-corrected chi connectivity index (χ0v) is 14.2. The van der Waals surface area contributed by atoms with Crippen LogP contribution < -0.4 is 5.32 Å². The smallest absolute Gasteiger partial charge is 0.369 e. The number of benzene rings is 1. The molecular formula is C17H20F3N3O2. The van der Waals surface area contributed by atoms with Gasteiger partial charge in [-0.1, -0.05) is 0 Å². The number of alkyl halides is 3. The van der Waals surface area contributed by atoms with Crippen molar-refractivity contribution in [3.8, 4) is 0 Å². The standard InChI is InChI=1S/C17H20F3N3O2/c1-10(15(24)21-9-23(2)3)22-16(25)13-6-12(11-4-5-11)7-14(8-13)17(18,19)20/h6-11H,4-5H2,1-3H3,(H,22,25)/b21-9+. The Kier molecular flexibility index (Phi) is 5.49. The number of nitrogens with zero attached hydrogens (tertiary/aromatic N) is 2. The molecule has 0 radical (unpaired) electrons. The zero-order valence-electron chi connectivity index (χ0n) is 14.2. The molecule has 0 saturated heterocycles. The summed E-state index contributed by atoms with van der Waals surface area (Å²) in [4.78, 5) is 29.3. The summed E-state index contributed by atoms with van der Waals surface area (Å²) in [5.41, 5.74) is -0.454. The van der Waals surface area contributed by atoms with E-state index in [-0.39, 0.29) is 11.5 Å². The van der Waals surface area contributed by atoms with Crippen molar-refractivity contribution in [3.63, 3.8) is 0 Å². The van der Waals surface area contributed by atoms with Crippen LogP contribution in [0, 0.1) is 0 Å². The maximum atomic E-state index is 13.1. The first-order valence-electron chi connectivity index (χ1n) is 7.85. The summed E-state index contributed by atoms with van der Waals surface area (Å²) in [6, 6.07) is 2.41.